The van der Waals surface area contributed by atoms with Gasteiger partial charge in [-0.3, -0.25) is 4.79 Å². The maximum atomic E-state index is 12.4. The van der Waals surface area contributed by atoms with Crippen molar-refractivity contribution in [1.29, 1.82) is 0 Å². The molecule has 0 aliphatic rings. The molecule has 124 valence electrons. The molecule has 0 aliphatic heterocycles. The van der Waals surface area contributed by atoms with Gasteiger partial charge in [-0.2, -0.15) is 24.9 Å². The molecular formula is C12H21F3N2O3S. The normalized spacial score (nSPS) is 12.1. The third-order valence-electron chi connectivity index (χ3n) is 3.27. The molecule has 0 fully saturated rings. The molecule has 21 heavy (non-hydrogen) atoms. The van der Waals surface area contributed by atoms with Crippen molar-refractivity contribution >= 4 is 23.8 Å². The van der Waals surface area contributed by atoms with E-state index in [-0.39, 0.29) is 16.2 Å². The SMILES string of the molecule is CCC(CC)(CNC(=O)N(CC(=O)O)CC(F)(F)F)SC. The minimum atomic E-state index is -4.64. The van der Waals surface area contributed by atoms with Crippen molar-refractivity contribution in [3.63, 3.8) is 0 Å². The Hall–Kier alpha value is -1.12. The van der Waals surface area contributed by atoms with E-state index >= 15 is 0 Å². The minimum Gasteiger partial charge on any atom is -0.480 e. The van der Waals surface area contributed by atoms with Crippen LogP contribution in [0.3, 0.4) is 0 Å². The fourth-order valence-corrected chi connectivity index (χ4v) is 2.58. The molecular weight excluding hydrogens is 309 g/mol. The lowest BCUT2D eigenvalue weighted by Gasteiger charge is -2.31. The summed E-state index contributed by atoms with van der Waals surface area (Å²) in [5.74, 6) is -1.49. The second-order valence-electron chi connectivity index (χ2n) is 4.62. The number of urea groups is 1. The lowest BCUT2D eigenvalue weighted by molar-refractivity contribution is -0.148. The van der Waals surface area contributed by atoms with E-state index in [1.165, 1.54) is 11.8 Å². The summed E-state index contributed by atoms with van der Waals surface area (Å²) >= 11 is 1.53. The van der Waals surface area contributed by atoms with Gasteiger partial charge in [0, 0.05) is 11.3 Å². The number of halogens is 3. The molecule has 0 saturated carbocycles. The average molecular weight is 330 g/mol. The highest BCUT2D eigenvalue weighted by molar-refractivity contribution is 8.00. The fraction of sp³-hybridized carbons (Fsp3) is 0.833. The van der Waals surface area contributed by atoms with Crippen LogP contribution in [-0.2, 0) is 4.79 Å². The van der Waals surface area contributed by atoms with E-state index in [4.69, 9.17) is 5.11 Å². The van der Waals surface area contributed by atoms with Crippen LogP contribution < -0.4 is 5.32 Å². The number of amides is 2. The average Bonchev–Trinajstić information content (AvgIpc) is 2.38. The molecule has 0 aliphatic carbocycles. The van der Waals surface area contributed by atoms with E-state index in [1.807, 2.05) is 20.1 Å². The third-order valence-corrected chi connectivity index (χ3v) is 4.85. The van der Waals surface area contributed by atoms with Crippen molar-refractivity contribution in [3.8, 4) is 0 Å². The van der Waals surface area contributed by atoms with Gasteiger partial charge >= 0.3 is 18.2 Å². The van der Waals surface area contributed by atoms with Gasteiger partial charge in [0.15, 0.2) is 0 Å². The Morgan fingerprint density at radius 3 is 2.10 bits per heavy atom. The van der Waals surface area contributed by atoms with E-state index in [0.717, 1.165) is 12.8 Å². The molecule has 0 aromatic rings. The molecule has 0 saturated heterocycles. The highest BCUT2D eigenvalue weighted by Gasteiger charge is 2.35. The highest BCUT2D eigenvalue weighted by atomic mass is 32.2. The Morgan fingerprint density at radius 1 is 1.24 bits per heavy atom. The van der Waals surface area contributed by atoms with Crippen molar-refractivity contribution < 1.29 is 27.9 Å². The first-order chi connectivity index (χ1) is 9.59. The summed E-state index contributed by atoms with van der Waals surface area (Å²) in [4.78, 5) is 22.6. The first-order valence-corrected chi connectivity index (χ1v) is 7.68. The van der Waals surface area contributed by atoms with Crippen molar-refractivity contribution in [2.75, 3.05) is 25.9 Å². The summed E-state index contributed by atoms with van der Waals surface area (Å²) in [5.41, 5.74) is 0. The summed E-state index contributed by atoms with van der Waals surface area (Å²) < 4.78 is 36.9. The van der Waals surface area contributed by atoms with Crippen LogP contribution in [0.15, 0.2) is 0 Å². The summed E-state index contributed by atoms with van der Waals surface area (Å²) in [6.07, 6.45) is -1.30. The second-order valence-corrected chi connectivity index (χ2v) is 5.89. The van der Waals surface area contributed by atoms with Crippen LogP contribution in [0.2, 0.25) is 0 Å². The van der Waals surface area contributed by atoms with Crippen molar-refractivity contribution in [1.82, 2.24) is 10.2 Å². The molecule has 0 rings (SSSR count). The molecule has 9 heteroatoms. The smallest absolute Gasteiger partial charge is 0.406 e. The van der Waals surface area contributed by atoms with Crippen LogP contribution >= 0.6 is 11.8 Å². The molecule has 0 aromatic carbocycles. The van der Waals surface area contributed by atoms with Crippen LogP contribution in [0.5, 0.6) is 0 Å². The van der Waals surface area contributed by atoms with Crippen molar-refractivity contribution in [2.24, 2.45) is 0 Å². The molecule has 0 bridgehead atoms. The first-order valence-electron chi connectivity index (χ1n) is 6.45. The number of alkyl halides is 3. The number of hydrogen-bond donors (Lipinski definition) is 2. The number of nitrogens with zero attached hydrogens (tertiary/aromatic N) is 1. The molecule has 0 radical (unpaired) electrons. The minimum absolute atomic E-state index is 0.188. The van der Waals surface area contributed by atoms with E-state index in [0.29, 0.717) is 0 Å². The van der Waals surface area contributed by atoms with E-state index < -0.39 is 31.3 Å². The lowest BCUT2D eigenvalue weighted by atomic mass is 10.0. The summed E-state index contributed by atoms with van der Waals surface area (Å²) in [6.45, 7) is 1.47. The van der Waals surface area contributed by atoms with Crippen LogP contribution in [0.25, 0.3) is 0 Å². The topological polar surface area (TPSA) is 69.6 Å². The monoisotopic (exact) mass is 330 g/mol. The van der Waals surface area contributed by atoms with Crippen molar-refractivity contribution in [3.05, 3.63) is 0 Å². The van der Waals surface area contributed by atoms with Crippen molar-refractivity contribution in [2.45, 2.75) is 37.6 Å². The quantitative estimate of drug-likeness (QED) is 0.718. The van der Waals surface area contributed by atoms with E-state index in [9.17, 15) is 22.8 Å². The Bertz CT molecular complexity index is 352. The highest BCUT2D eigenvalue weighted by Crippen LogP contribution is 2.29. The van der Waals surface area contributed by atoms with Crippen LogP contribution in [0.4, 0.5) is 18.0 Å². The number of aliphatic carboxylic acids is 1. The number of nitrogens with one attached hydrogen (secondary N) is 1. The fourth-order valence-electron chi connectivity index (χ4n) is 1.79. The predicted molar refractivity (Wildman–Crippen MR) is 75.5 cm³/mol. The van der Waals surface area contributed by atoms with E-state index in [2.05, 4.69) is 5.32 Å². The number of carbonyl (C=O) groups is 2. The van der Waals surface area contributed by atoms with Gasteiger partial charge in [-0.25, -0.2) is 4.79 Å². The Kier molecular flexibility index (Phi) is 7.91. The predicted octanol–water partition coefficient (Wildman–Crippen LogP) is 2.57. The van der Waals surface area contributed by atoms with Crippen LogP contribution in [0, 0.1) is 0 Å². The number of carbonyl (C=O) groups excluding carboxylic acids is 1. The largest absolute Gasteiger partial charge is 0.480 e. The van der Waals surface area contributed by atoms with Crippen LogP contribution in [-0.4, -0.2) is 58.8 Å². The zero-order valence-electron chi connectivity index (χ0n) is 12.3. The standard InChI is InChI=1S/C12H21F3N2O3S/c1-4-11(5-2,21-3)7-16-10(20)17(6-9(18)19)8-12(13,14)15/h4-8H2,1-3H3,(H,16,20)(H,18,19). The summed E-state index contributed by atoms with van der Waals surface area (Å²) in [7, 11) is 0. The Morgan fingerprint density at radius 2 is 1.76 bits per heavy atom. The molecule has 0 unspecified atom stereocenters. The van der Waals surface area contributed by atoms with Gasteiger partial charge in [0.2, 0.25) is 0 Å². The number of carboxylic acid groups (broad SMARTS) is 1. The lowest BCUT2D eigenvalue weighted by Crippen LogP contribution is -2.50. The van der Waals surface area contributed by atoms with Gasteiger partial charge in [0.1, 0.15) is 13.1 Å². The van der Waals surface area contributed by atoms with Gasteiger partial charge in [0.05, 0.1) is 0 Å². The zero-order chi connectivity index (χ0) is 16.7. The Labute approximate surface area is 126 Å². The Balaban J connectivity index is 4.78. The molecule has 2 amide bonds. The molecule has 0 aromatic heterocycles. The van der Waals surface area contributed by atoms with E-state index in [1.54, 1.807) is 0 Å². The molecule has 2 N–H and O–H groups in total. The number of thioether (sulfide) groups is 1. The second kappa shape index (κ2) is 8.35. The van der Waals surface area contributed by atoms with Gasteiger partial charge in [-0.15, -0.1) is 0 Å². The van der Waals surface area contributed by atoms with Crippen LogP contribution in [0.1, 0.15) is 26.7 Å². The van der Waals surface area contributed by atoms with Gasteiger partial charge in [-0.05, 0) is 19.1 Å². The number of carboxylic acids is 1. The van der Waals surface area contributed by atoms with Gasteiger partial charge in [0.25, 0.3) is 0 Å². The van der Waals surface area contributed by atoms with Gasteiger partial charge < -0.3 is 15.3 Å². The summed E-state index contributed by atoms with van der Waals surface area (Å²) in [6, 6.07) is -1.02. The van der Waals surface area contributed by atoms with Gasteiger partial charge in [-0.1, -0.05) is 13.8 Å². The molecule has 5 nitrogen and oxygen atoms in total. The maximum absolute atomic E-state index is 12.4. The number of hydrogen-bond acceptors (Lipinski definition) is 3. The number of rotatable bonds is 8. The summed E-state index contributed by atoms with van der Waals surface area (Å²) in [5, 5.41) is 11.0. The zero-order valence-corrected chi connectivity index (χ0v) is 13.1. The first kappa shape index (κ1) is 19.9. The third kappa shape index (κ3) is 7.45. The maximum Gasteiger partial charge on any atom is 0.406 e. The molecule has 0 atom stereocenters. The molecule has 0 spiro atoms. The molecule has 0 heterocycles.